The molecule has 1 aromatic heterocycles. The van der Waals surface area contributed by atoms with Crippen molar-refractivity contribution in [3.8, 4) is 5.75 Å². The molecule has 0 atom stereocenters. The third-order valence-electron chi connectivity index (χ3n) is 3.69. The lowest BCUT2D eigenvalue weighted by atomic mass is 9.79. The van der Waals surface area contributed by atoms with Crippen LogP contribution in [0.15, 0.2) is 72.8 Å². The molecule has 106 valence electrons. The number of rotatable bonds is 3. The summed E-state index contributed by atoms with van der Waals surface area (Å²) in [5.41, 5.74) is 0.751. The van der Waals surface area contributed by atoms with E-state index in [1.54, 1.807) is 11.3 Å². The Morgan fingerprint density at radius 3 is 2.36 bits per heavy atom. The van der Waals surface area contributed by atoms with Crippen molar-refractivity contribution in [2.45, 2.75) is 0 Å². The minimum atomic E-state index is -0.961. The molecule has 4 rings (SSSR count). The van der Waals surface area contributed by atoms with Crippen LogP contribution in [-0.4, -0.2) is 12.1 Å². The molecule has 1 heterocycles. The molecule has 0 amide bonds. The van der Waals surface area contributed by atoms with Crippen LogP contribution in [-0.2, 0) is 0 Å². The zero-order valence-electron chi connectivity index (χ0n) is 11.8. The number of benzene rings is 3. The summed E-state index contributed by atoms with van der Waals surface area (Å²) in [6, 6.07) is 23.7. The summed E-state index contributed by atoms with van der Waals surface area (Å²) in [5.74, 6) is 0.718. The van der Waals surface area contributed by atoms with Gasteiger partial charge in [0.15, 0.2) is 0 Å². The van der Waals surface area contributed by atoms with Crippen LogP contribution < -0.4 is 10.1 Å². The molecule has 0 radical (unpaired) electrons. The second kappa shape index (κ2) is 5.48. The highest BCUT2D eigenvalue weighted by Gasteiger charge is 2.20. The summed E-state index contributed by atoms with van der Waals surface area (Å²) in [6.07, 6.45) is 0. The average molecular weight is 304 g/mol. The summed E-state index contributed by atoms with van der Waals surface area (Å²) < 4.78 is 8.10. The van der Waals surface area contributed by atoms with Crippen LogP contribution >= 0.6 is 11.3 Å². The molecular formula is C18H13BO2S. The highest BCUT2D eigenvalue weighted by molar-refractivity contribution is 7.26. The van der Waals surface area contributed by atoms with E-state index in [0.717, 1.165) is 15.9 Å². The average Bonchev–Trinajstić information content (AvgIpc) is 2.95. The molecule has 4 heteroatoms. The molecule has 0 saturated carbocycles. The first kappa shape index (κ1) is 13.4. The minimum Gasteiger partial charge on any atom is -0.531 e. The fourth-order valence-electron chi connectivity index (χ4n) is 2.62. The Balaban J connectivity index is 1.79. The van der Waals surface area contributed by atoms with Gasteiger partial charge >= 0.3 is 7.12 Å². The van der Waals surface area contributed by atoms with E-state index in [-0.39, 0.29) is 0 Å². The van der Waals surface area contributed by atoms with Crippen molar-refractivity contribution in [3.63, 3.8) is 0 Å². The number of thiophene rings is 1. The van der Waals surface area contributed by atoms with Crippen LogP contribution in [0.25, 0.3) is 20.2 Å². The van der Waals surface area contributed by atoms with Gasteiger partial charge in [-0.1, -0.05) is 60.7 Å². The van der Waals surface area contributed by atoms with E-state index >= 15 is 0 Å². The van der Waals surface area contributed by atoms with Crippen molar-refractivity contribution >= 4 is 44.1 Å². The van der Waals surface area contributed by atoms with Crippen LogP contribution in [0.2, 0.25) is 0 Å². The standard InChI is InChI=1S/C18H13BO2S/c20-19(13-7-2-1-3-8-13)21-16-11-6-10-15-14-9-4-5-12-17(14)22-18(15)16/h1-12,20H. The zero-order chi connectivity index (χ0) is 14.9. The Hall–Kier alpha value is -2.30. The van der Waals surface area contributed by atoms with Gasteiger partial charge in [0.05, 0.1) is 4.70 Å². The lowest BCUT2D eigenvalue weighted by molar-refractivity contribution is 0.436. The van der Waals surface area contributed by atoms with E-state index in [2.05, 4.69) is 18.2 Å². The topological polar surface area (TPSA) is 29.5 Å². The van der Waals surface area contributed by atoms with Crippen molar-refractivity contribution in [1.29, 1.82) is 0 Å². The van der Waals surface area contributed by atoms with Crippen LogP contribution in [0.5, 0.6) is 5.75 Å². The SMILES string of the molecule is OB(Oc1cccc2c1sc1ccccc12)c1ccccc1. The molecule has 3 aromatic carbocycles. The molecular weight excluding hydrogens is 291 g/mol. The summed E-state index contributed by atoms with van der Waals surface area (Å²) in [4.78, 5) is 0. The van der Waals surface area contributed by atoms with Crippen molar-refractivity contribution in [3.05, 3.63) is 72.8 Å². The first-order chi connectivity index (χ1) is 10.8. The normalized spacial score (nSPS) is 11.0. The van der Waals surface area contributed by atoms with Gasteiger partial charge in [0.2, 0.25) is 0 Å². The van der Waals surface area contributed by atoms with Crippen molar-refractivity contribution in [2.24, 2.45) is 0 Å². The molecule has 0 aliphatic carbocycles. The van der Waals surface area contributed by atoms with Crippen molar-refractivity contribution < 1.29 is 9.68 Å². The third-order valence-corrected chi connectivity index (χ3v) is 4.89. The van der Waals surface area contributed by atoms with Gasteiger partial charge in [-0.3, -0.25) is 0 Å². The van der Waals surface area contributed by atoms with E-state index in [1.165, 1.54) is 15.5 Å². The molecule has 0 aliphatic rings. The van der Waals surface area contributed by atoms with Gasteiger partial charge in [0.1, 0.15) is 5.75 Å². The summed E-state index contributed by atoms with van der Waals surface area (Å²) in [7, 11) is -0.961. The molecule has 0 fully saturated rings. The lowest BCUT2D eigenvalue weighted by Gasteiger charge is -2.10. The largest absolute Gasteiger partial charge is 0.560 e. The molecule has 2 nitrogen and oxygen atoms in total. The Labute approximate surface area is 132 Å². The van der Waals surface area contributed by atoms with Crippen LogP contribution in [0.3, 0.4) is 0 Å². The van der Waals surface area contributed by atoms with Gasteiger partial charge in [-0.15, -0.1) is 11.3 Å². The molecule has 4 aromatic rings. The molecule has 22 heavy (non-hydrogen) atoms. The molecule has 0 saturated heterocycles. The van der Waals surface area contributed by atoms with Gasteiger partial charge in [0, 0.05) is 15.5 Å². The molecule has 0 bridgehead atoms. The molecule has 0 spiro atoms. The van der Waals surface area contributed by atoms with E-state index in [9.17, 15) is 5.02 Å². The Bertz CT molecular complexity index is 934. The van der Waals surface area contributed by atoms with Crippen LogP contribution in [0.4, 0.5) is 0 Å². The Morgan fingerprint density at radius 2 is 1.50 bits per heavy atom. The summed E-state index contributed by atoms with van der Waals surface area (Å²) in [5, 5.41) is 12.7. The van der Waals surface area contributed by atoms with Gasteiger partial charge in [0.25, 0.3) is 0 Å². The van der Waals surface area contributed by atoms with E-state index in [0.29, 0.717) is 0 Å². The van der Waals surface area contributed by atoms with Crippen LogP contribution in [0.1, 0.15) is 0 Å². The highest BCUT2D eigenvalue weighted by Crippen LogP contribution is 2.39. The first-order valence-electron chi connectivity index (χ1n) is 7.13. The Morgan fingerprint density at radius 1 is 0.773 bits per heavy atom. The Kier molecular flexibility index (Phi) is 3.33. The van der Waals surface area contributed by atoms with Gasteiger partial charge in [-0.25, -0.2) is 0 Å². The first-order valence-corrected chi connectivity index (χ1v) is 7.94. The van der Waals surface area contributed by atoms with E-state index in [4.69, 9.17) is 4.65 Å². The smallest absolute Gasteiger partial charge is 0.531 e. The quantitative estimate of drug-likeness (QED) is 0.583. The maximum Gasteiger partial charge on any atom is 0.560 e. The molecule has 0 aliphatic heterocycles. The minimum absolute atomic E-state index is 0.718. The van der Waals surface area contributed by atoms with Crippen molar-refractivity contribution in [1.82, 2.24) is 0 Å². The second-order valence-electron chi connectivity index (χ2n) is 5.11. The third kappa shape index (κ3) is 2.26. The molecule has 0 unspecified atom stereocenters. The van der Waals surface area contributed by atoms with Gasteiger partial charge in [-0.2, -0.15) is 0 Å². The fraction of sp³-hybridized carbons (Fsp3) is 0. The lowest BCUT2D eigenvalue weighted by Crippen LogP contribution is -2.36. The number of hydrogen-bond donors (Lipinski definition) is 1. The van der Waals surface area contributed by atoms with E-state index < -0.39 is 7.12 Å². The zero-order valence-corrected chi connectivity index (χ0v) is 12.6. The van der Waals surface area contributed by atoms with Gasteiger partial charge < -0.3 is 9.68 Å². The summed E-state index contributed by atoms with van der Waals surface area (Å²) >= 11 is 1.69. The van der Waals surface area contributed by atoms with Crippen molar-refractivity contribution in [2.75, 3.05) is 0 Å². The highest BCUT2D eigenvalue weighted by atomic mass is 32.1. The number of fused-ring (bicyclic) bond motifs is 3. The second-order valence-corrected chi connectivity index (χ2v) is 6.16. The van der Waals surface area contributed by atoms with Crippen LogP contribution in [0, 0.1) is 0 Å². The monoisotopic (exact) mass is 304 g/mol. The maximum absolute atomic E-state index is 10.3. The predicted octanol–water partition coefficient (Wildman–Crippen LogP) is 3.82. The maximum atomic E-state index is 10.3. The number of hydrogen-bond acceptors (Lipinski definition) is 3. The van der Waals surface area contributed by atoms with E-state index in [1.807, 2.05) is 54.6 Å². The molecule has 1 N–H and O–H groups in total. The predicted molar refractivity (Wildman–Crippen MR) is 94.0 cm³/mol. The van der Waals surface area contributed by atoms with Gasteiger partial charge in [-0.05, 0) is 17.6 Å². The fourth-order valence-corrected chi connectivity index (χ4v) is 3.78. The summed E-state index contributed by atoms with van der Waals surface area (Å²) in [6.45, 7) is 0.